The highest BCUT2D eigenvalue weighted by atomic mass is 16.5. The van der Waals surface area contributed by atoms with Crippen molar-refractivity contribution in [3.8, 4) is 5.75 Å². The second kappa shape index (κ2) is 8.44. The number of aromatic amines is 1. The van der Waals surface area contributed by atoms with Crippen molar-refractivity contribution in [2.45, 2.75) is 25.3 Å². The van der Waals surface area contributed by atoms with Crippen LogP contribution in [0.25, 0.3) is 11.0 Å². The number of pyridine rings is 1. The molecular formula is C22H26N4O2. The molecule has 4 rings (SSSR count). The first-order chi connectivity index (χ1) is 13.7. The van der Waals surface area contributed by atoms with Gasteiger partial charge in [0.1, 0.15) is 11.4 Å². The first kappa shape index (κ1) is 18.5. The molecule has 0 bridgehead atoms. The molecule has 6 nitrogen and oxygen atoms in total. The molecule has 6 heteroatoms. The topological polar surface area (TPSA) is 70.2 Å². The minimum absolute atomic E-state index is 0.0746. The molecule has 0 unspecified atom stereocenters. The van der Waals surface area contributed by atoms with Crippen LogP contribution in [-0.4, -0.2) is 47.5 Å². The molecular weight excluding hydrogens is 352 g/mol. The maximum atomic E-state index is 12.3. The molecule has 1 aromatic carbocycles. The number of rotatable bonds is 6. The quantitative estimate of drug-likeness (QED) is 0.692. The van der Waals surface area contributed by atoms with Crippen LogP contribution in [-0.2, 0) is 11.3 Å². The van der Waals surface area contributed by atoms with E-state index in [4.69, 9.17) is 4.74 Å². The van der Waals surface area contributed by atoms with Crippen molar-refractivity contribution >= 4 is 16.9 Å². The van der Waals surface area contributed by atoms with E-state index in [0.29, 0.717) is 19.0 Å². The van der Waals surface area contributed by atoms with Gasteiger partial charge in [0.25, 0.3) is 0 Å². The monoisotopic (exact) mass is 378 g/mol. The van der Waals surface area contributed by atoms with E-state index in [9.17, 15) is 4.79 Å². The Morgan fingerprint density at radius 2 is 2.04 bits per heavy atom. The lowest BCUT2D eigenvalue weighted by Crippen LogP contribution is -2.41. The van der Waals surface area contributed by atoms with Gasteiger partial charge in [0, 0.05) is 24.3 Å². The Labute approximate surface area is 164 Å². The fourth-order valence-electron chi connectivity index (χ4n) is 3.92. The molecule has 3 heterocycles. The molecule has 0 spiro atoms. The zero-order valence-corrected chi connectivity index (χ0v) is 16.1. The average Bonchev–Trinajstić information content (AvgIpc) is 3.17. The Bertz CT molecular complexity index is 927. The van der Waals surface area contributed by atoms with Crippen molar-refractivity contribution in [3.05, 3.63) is 59.9 Å². The number of hydrogen-bond donors (Lipinski definition) is 2. The van der Waals surface area contributed by atoms with Gasteiger partial charge < -0.3 is 15.0 Å². The number of fused-ring (bicyclic) bond motifs is 1. The lowest BCUT2D eigenvalue weighted by Gasteiger charge is -2.31. The third-order valence-corrected chi connectivity index (χ3v) is 5.53. The summed E-state index contributed by atoms with van der Waals surface area (Å²) in [6.45, 7) is 2.88. The number of aromatic nitrogens is 2. The Morgan fingerprint density at radius 3 is 2.79 bits per heavy atom. The summed E-state index contributed by atoms with van der Waals surface area (Å²) in [6.07, 6.45) is 6.04. The Balaban J connectivity index is 1.25. The largest absolute Gasteiger partial charge is 0.497 e. The van der Waals surface area contributed by atoms with Crippen molar-refractivity contribution in [1.82, 2.24) is 20.2 Å². The van der Waals surface area contributed by atoms with Gasteiger partial charge in [0.2, 0.25) is 5.91 Å². The van der Waals surface area contributed by atoms with E-state index in [1.807, 2.05) is 36.5 Å². The van der Waals surface area contributed by atoms with E-state index in [2.05, 4.69) is 32.4 Å². The number of piperidine rings is 1. The maximum Gasteiger partial charge on any atom is 0.234 e. The number of likely N-dealkylation sites (tertiary alicyclic amines) is 1. The number of carbonyl (C=O) groups excluding carboxylic acids is 1. The number of ether oxygens (including phenoxy) is 1. The Hall–Kier alpha value is -2.86. The molecule has 0 aliphatic carbocycles. The Morgan fingerprint density at radius 1 is 1.25 bits per heavy atom. The zero-order valence-electron chi connectivity index (χ0n) is 16.1. The summed E-state index contributed by atoms with van der Waals surface area (Å²) < 4.78 is 5.15. The van der Waals surface area contributed by atoms with E-state index in [-0.39, 0.29) is 5.91 Å². The number of nitrogens with one attached hydrogen (secondary N) is 2. The van der Waals surface area contributed by atoms with E-state index in [1.165, 1.54) is 10.9 Å². The van der Waals surface area contributed by atoms with Gasteiger partial charge in [-0.2, -0.15) is 0 Å². The lowest BCUT2D eigenvalue weighted by atomic mass is 9.89. The fourth-order valence-corrected chi connectivity index (χ4v) is 3.92. The molecule has 0 radical (unpaired) electrons. The fraction of sp³-hybridized carbons (Fsp3) is 0.364. The highest BCUT2D eigenvalue weighted by Crippen LogP contribution is 2.32. The van der Waals surface area contributed by atoms with Crippen molar-refractivity contribution in [1.29, 1.82) is 0 Å². The second-order valence-corrected chi connectivity index (χ2v) is 7.32. The molecule has 1 amide bonds. The summed E-state index contributed by atoms with van der Waals surface area (Å²) in [4.78, 5) is 22.2. The first-order valence-electron chi connectivity index (χ1n) is 9.77. The van der Waals surface area contributed by atoms with Gasteiger partial charge in [0.05, 0.1) is 13.7 Å². The van der Waals surface area contributed by atoms with Crippen LogP contribution in [0.3, 0.4) is 0 Å². The third kappa shape index (κ3) is 4.17. The summed E-state index contributed by atoms with van der Waals surface area (Å²) in [5.74, 6) is 1.42. The summed E-state index contributed by atoms with van der Waals surface area (Å²) in [5, 5.41) is 4.23. The van der Waals surface area contributed by atoms with Crippen LogP contribution < -0.4 is 10.1 Å². The number of benzene rings is 1. The number of nitrogens with zero attached hydrogens (tertiary/aromatic N) is 2. The van der Waals surface area contributed by atoms with Crippen molar-refractivity contribution < 1.29 is 9.53 Å². The van der Waals surface area contributed by atoms with E-state index in [0.717, 1.165) is 42.9 Å². The van der Waals surface area contributed by atoms with Gasteiger partial charge in [-0.3, -0.25) is 9.69 Å². The van der Waals surface area contributed by atoms with Crippen LogP contribution in [0.5, 0.6) is 5.75 Å². The van der Waals surface area contributed by atoms with Gasteiger partial charge in [-0.05, 0) is 67.2 Å². The van der Waals surface area contributed by atoms with Gasteiger partial charge in [-0.15, -0.1) is 0 Å². The average molecular weight is 378 g/mol. The van der Waals surface area contributed by atoms with Gasteiger partial charge in [-0.25, -0.2) is 4.98 Å². The van der Waals surface area contributed by atoms with Gasteiger partial charge in [-0.1, -0.05) is 12.1 Å². The molecule has 146 valence electrons. The predicted molar refractivity (Wildman–Crippen MR) is 109 cm³/mol. The summed E-state index contributed by atoms with van der Waals surface area (Å²) in [7, 11) is 1.65. The molecule has 2 N–H and O–H groups in total. The molecule has 1 fully saturated rings. The van der Waals surface area contributed by atoms with Crippen LogP contribution in [0.2, 0.25) is 0 Å². The van der Waals surface area contributed by atoms with Crippen molar-refractivity contribution in [2.75, 3.05) is 26.7 Å². The molecule has 3 aromatic rings. The number of hydrogen-bond acceptors (Lipinski definition) is 4. The first-order valence-corrected chi connectivity index (χ1v) is 9.77. The number of methoxy groups -OCH3 is 1. The smallest absolute Gasteiger partial charge is 0.234 e. The number of H-pyrrole nitrogens is 1. The van der Waals surface area contributed by atoms with Crippen molar-refractivity contribution in [3.63, 3.8) is 0 Å². The third-order valence-electron chi connectivity index (χ3n) is 5.53. The van der Waals surface area contributed by atoms with Gasteiger partial charge >= 0.3 is 0 Å². The molecule has 1 aliphatic rings. The van der Waals surface area contributed by atoms with Crippen LogP contribution in [0.1, 0.15) is 29.9 Å². The minimum Gasteiger partial charge on any atom is -0.497 e. The normalized spacial score (nSPS) is 15.6. The zero-order chi connectivity index (χ0) is 19.3. The van der Waals surface area contributed by atoms with Crippen molar-refractivity contribution in [2.24, 2.45) is 0 Å². The lowest BCUT2D eigenvalue weighted by molar-refractivity contribution is -0.122. The van der Waals surface area contributed by atoms with Crippen LogP contribution in [0, 0.1) is 0 Å². The molecule has 0 saturated carbocycles. The molecule has 1 aliphatic heterocycles. The second-order valence-electron chi connectivity index (χ2n) is 7.32. The molecule has 2 aromatic heterocycles. The Kier molecular flexibility index (Phi) is 5.58. The number of amides is 1. The minimum atomic E-state index is 0.0746. The van der Waals surface area contributed by atoms with Crippen LogP contribution in [0.15, 0.2) is 48.8 Å². The molecule has 28 heavy (non-hydrogen) atoms. The standard InChI is InChI=1S/C22H26N4O2/c1-28-18-6-4-16(5-7-18)13-24-21(27)15-26-11-8-17(9-12-26)20-14-25-22-19(20)3-2-10-23-22/h2-7,10,14,17H,8-9,11-13,15H2,1H3,(H,23,25)(H,24,27). The van der Waals surface area contributed by atoms with E-state index in [1.54, 1.807) is 7.11 Å². The van der Waals surface area contributed by atoms with E-state index < -0.39 is 0 Å². The predicted octanol–water partition coefficient (Wildman–Crippen LogP) is 3.07. The molecule has 1 saturated heterocycles. The highest BCUT2D eigenvalue weighted by Gasteiger charge is 2.24. The summed E-state index contributed by atoms with van der Waals surface area (Å²) >= 11 is 0. The van der Waals surface area contributed by atoms with E-state index >= 15 is 0 Å². The maximum absolute atomic E-state index is 12.3. The summed E-state index contributed by atoms with van der Waals surface area (Å²) in [5.41, 5.74) is 3.38. The van der Waals surface area contributed by atoms with Crippen LogP contribution >= 0.6 is 0 Å². The molecule has 0 atom stereocenters. The van der Waals surface area contributed by atoms with Gasteiger partial charge in [0.15, 0.2) is 0 Å². The summed E-state index contributed by atoms with van der Waals surface area (Å²) in [6, 6.07) is 11.9. The highest BCUT2D eigenvalue weighted by molar-refractivity contribution is 5.80. The SMILES string of the molecule is COc1ccc(CNC(=O)CN2CCC(c3c[nH]c4ncccc34)CC2)cc1. The van der Waals surface area contributed by atoms with Crippen LogP contribution in [0.4, 0.5) is 0 Å². The number of carbonyl (C=O) groups is 1.